The molecule has 3 aliphatic heterocycles. The summed E-state index contributed by atoms with van der Waals surface area (Å²) in [5, 5.41) is 15.7. The molecule has 2 saturated heterocycles. The quantitative estimate of drug-likeness (QED) is 0.512. The van der Waals surface area contributed by atoms with Crippen LogP contribution in [0.15, 0.2) is 18.2 Å². The second-order valence-electron chi connectivity index (χ2n) is 8.58. The number of benzene rings is 1. The van der Waals surface area contributed by atoms with Crippen LogP contribution in [0.2, 0.25) is 0 Å². The lowest BCUT2D eigenvalue weighted by Crippen LogP contribution is -2.47. The van der Waals surface area contributed by atoms with Crippen molar-refractivity contribution in [3.63, 3.8) is 0 Å². The van der Waals surface area contributed by atoms with E-state index < -0.39 is 6.10 Å². The van der Waals surface area contributed by atoms with Crippen LogP contribution in [-0.2, 0) is 23.8 Å². The van der Waals surface area contributed by atoms with Gasteiger partial charge in [-0.25, -0.2) is 0 Å². The highest BCUT2D eigenvalue weighted by atomic mass is 16.6. The van der Waals surface area contributed by atoms with Gasteiger partial charge in [-0.05, 0) is 37.5 Å². The lowest BCUT2D eigenvalue weighted by Gasteiger charge is -2.37. The van der Waals surface area contributed by atoms with Crippen LogP contribution in [0.25, 0.3) is 0 Å². The summed E-state index contributed by atoms with van der Waals surface area (Å²) in [7, 11) is 1.58. The van der Waals surface area contributed by atoms with Crippen LogP contribution in [0.5, 0.6) is 5.75 Å². The molecule has 1 aromatic carbocycles. The van der Waals surface area contributed by atoms with Crippen molar-refractivity contribution in [3.05, 3.63) is 23.8 Å². The minimum atomic E-state index is -0.516. The number of anilines is 1. The zero-order chi connectivity index (χ0) is 22.5. The normalized spacial score (nSPS) is 27.2. The molecule has 0 aliphatic carbocycles. The number of ether oxygens (including phenoxy) is 4. The summed E-state index contributed by atoms with van der Waals surface area (Å²) in [5.41, 5.74) is 1.71. The van der Waals surface area contributed by atoms with Crippen LogP contribution < -0.4 is 15.4 Å². The van der Waals surface area contributed by atoms with Crippen molar-refractivity contribution in [2.75, 3.05) is 45.4 Å². The van der Waals surface area contributed by atoms with Gasteiger partial charge in [0.15, 0.2) is 0 Å². The number of rotatable bonds is 8. The highest BCUT2D eigenvalue weighted by Crippen LogP contribution is 2.47. The van der Waals surface area contributed by atoms with Gasteiger partial charge in [-0.2, -0.15) is 0 Å². The number of amides is 2. The third kappa shape index (κ3) is 5.23. The Balaban J connectivity index is 1.43. The Labute approximate surface area is 187 Å². The fraction of sp³-hybridized carbons (Fsp3) is 0.652. The molecule has 1 aromatic rings. The number of hydrogen-bond donors (Lipinski definition) is 3. The van der Waals surface area contributed by atoms with E-state index in [2.05, 4.69) is 10.6 Å². The van der Waals surface area contributed by atoms with Gasteiger partial charge in [-0.3, -0.25) is 9.59 Å². The SMILES string of the molecule is COCCNC(=O)C[C@H]1C[C@H]2c3cc(NC(=O)C4CCOCC4)ccc3O[C@H]2[C@@H](CO)O1. The topological polar surface area (TPSA) is 115 Å². The molecule has 0 aromatic heterocycles. The Morgan fingerprint density at radius 3 is 2.81 bits per heavy atom. The van der Waals surface area contributed by atoms with Gasteiger partial charge >= 0.3 is 0 Å². The van der Waals surface area contributed by atoms with Crippen LogP contribution in [-0.4, -0.2) is 75.3 Å². The van der Waals surface area contributed by atoms with Crippen molar-refractivity contribution in [1.29, 1.82) is 0 Å². The van der Waals surface area contributed by atoms with Crippen LogP contribution in [0.1, 0.15) is 37.2 Å². The van der Waals surface area contributed by atoms with E-state index in [-0.39, 0.29) is 48.9 Å². The van der Waals surface area contributed by atoms with Gasteiger partial charge in [0.2, 0.25) is 11.8 Å². The first-order valence-electron chi connectivity index (χ1n) is 11.3. The van der Waals surface area contributed by atoms with Crippen LogP contribution in [0.4, 0.5) is 5.69 Å². The number of carbonyl (C=O) groups excluding carboxylic acids is 2. The average Bonchev–Trinajstić information content (AvgIpc) is 3.17. The van der Waals surface area contributed by atoms with Crippen LogP contribution in [0.3, 0.4) is 0 Å². The molecule has 3 aliphatic rings. The second-order valence-corrected chi connectivity index (χ2v) is 8.58. The lowest BCUT2D eigenvalue weighted by molar-refractivity contribution is -0.142. The van der Waals surface area contributed by atoms with E-state index in [0.717, 1.165) is 29.8 Å². The number of methoxy groups -OCH3 is 1. The molecule has 3 heterocycles. The Morgan fingerprint density at radius 2 is 2.06 bits per heavy atom. The molecule has 2 fully saturated rings. The summed E-state index contributed by atoms with van der Waals surface area (Å²) in [6.45, 7) is 1.93. The molecule has 0 unspecified atom stereocenters. The number of fused-ring (bicyclic) bond motifs is 3. The van der Waals surface area contributed by atoms with Crippen molar-refractivity contribution < 1.29 is 33.6 Å². The van der Waals surface area contributed by atoms with Crippen molar-refractivity contribution >= 4 is 17.5 Å². The monoisotopic (exact) mass is 448 g/mol. The van der Waals surface area contributed by atoms with Crippen molar-refractivity contribution in [2.45, 2.75) is 49.9 Å². The summed E-state index contributed by atoms with van der Waals surface area (Å²) < 4.78 is 22.4. The minimum Gasteiger partial charge on any atom is -0.487 e. The summed E-state index contributed by atoms with van der Waals surface area (Å²) >= 11 is 0. The zero-order valence-corrected chi connectivity index (χ0v) is 18.4. The molecule has 176 valence electrons. The number of aliphatic hydroxyl groups is 1. The first-order chi connectivity index (χ1) is 15.6. The fourth-order valence-electron chi connectivity index (χ4n) is 4.74. The third-order valence-electron chi connectivity index (χ3n) is 6.40. The number of carbonyl (C=O) groups is 2. The average molecular weight is 449 g/mol. The van der Waals surface area contributed by atoms with E-state index in [1.165, 1.54) is 0 Å². The Kier molecular flexibility index (Phi) is 7.62. The van der Waals surface area contributed by atoms with Gasteiger partial charge < -0.3 is 34.7 Å². The number of hydrogen-bond acceptors (Lipinski definition) is 7. The van der Waals surface area contributed by atoms with E-state index in [1.54, 1.807) is 7.11 Å². The minimum absolute atomic E-state index is 0.00883. The highest BCUT2D eigenvalue weighted by molar-refractivity contribution is 5.92. The molecule has 0 saturated carbocycles. The van der Waals surface area contributed by atoms with Crippen molar-refractivity contribution in [3.8, 4) is 5.75 Å². The summed E-state index contributed by atoms with van der Waals surface area (Å²) in [6.07, 6.45) is 1.11. The molecule has 0 radical (unpaired) electrons. The molecule has 9 heteroatoms. The molecule has 4 rings (SSSR count). The van der Waals surface area contributed by atoms with Gasteiger partial charge in [0, 0.05) is 50.0 Å². The first-order valence-corrected chi connectivity index (χ1v) is 11.3. The maximum absolute atomic E-state index is 12.6. The number of nitrogens with one attached hydrogen (secondary N) is 2. The van der Waals surface area contributed by atoms with E-state index >= 15 is 0 Å². The van der Waals surface area contributed by atoms with Gasteiger partial charge in [-0.1, -0.05) is 0 Å². The maximum atomic E-state index is 12.6. The fourth-order valence-corrected chi connectivity index (χ4v) is 4.74. The van der Waals surface area contributed by atoms with E-state index in [4.69, 9.17) is 18.9 Å². The smallest absolute Gasteiger partial charge is 0.227 e. The lowest BCUT2D eigenvalue weighted by atomic mass is 9.84. The molecule has 0 bridgehead atoms. The Bertz CT molecular complexity index is 812. The van der Waals surface area contributed by atoms with Crippen molar-refractivity contribution in [2.24, 2.45) is 5.92 Å². The molecular weight excluding hydrogens is 416 g/mol. The Hall–Kier alpha value is -2.20. The summed E-state index contributed by atoms with van der Waals surface area (Å²) in [6, 6.07) is 5.64. The predicted molar refractivity (Wildman–Crippen MR) is 116 cm³/mol. The third-order valence-corrected chi connectivity index (χ3v) is 6.40. The van der Waals surface area contributed by atoms with E-state index in [1.807, 2.05) is 18.2 Å². The first kappa shape index (κ1) is 23.0. The van der Waals surface area contributed by atoms with Gasteiger partial charge in [-0.15, -0.1) is 0 Å². The number of aliphatic hydroxyl groups excluding tert-OH is 1. The second kappa shape index (κ2) is 10.6. The van der Waals surface area contributed by atoms with Gasteiger partial charge in [0.25, 0.3) is 0 Å². The Morgan fingerprint density at radius 1 is 1.25 bits per heavy atom. The summed E-state index contributed by atoms with van der Waals surface area (Å²) in [5.74, 6) is 0.570. The summed E-state index contributed by atoms with van der Waals surface area (Å²) in [4.78, 5) is 24.9. The molecule has 2 amide bonds. The molecule has 9 nitrogen and oxygen atoms in total. The van der Waals surface area contributed by atoms with Crippen LogP contribution in [0, 0.1) is 5.92 Å². The largest absolute Gasteiger partial charge is 0.487 e. The van der Waals surface area contributed by atoms with E-state index in [9.17, 15) is 14.7 Å². The molecule has 32 heavy (non-hydrogen) atoms. The maximum Gasteiger partial charge on any atom is 0.227 e. The molecular formula is C23H32N2O7. The van der Waals surface area contributed by atoms with E-state index in [0.29, 0.717) is 32.8 Å². The standard InChI is InChI=1S/C23H32N2O7/c1-29-9-6-24-21(27)12-16-11-18-17-10-15(25-23(28)14-4-7-30-8-5-14)2-3-19(17)32-22(18)20(13-26)31-16/h2-3,10,14,16,18,20,22,26H,4-9,11-13H2,1H3,(H,24,27)(H,25,28)/t16-,18+,20-,22-/m1/s1. The van der Waals surface area contributed by atoms with Gasteiger partial charge in [0.05, 0.1) is 25.7 Å². The molecule has 0 spiro atoms. The van der Waals surface area contributed by atoms with Crippen molar-refractivity contribution in [1.82, 2.24) is 5.32 Å². The molecule has 4 atom stereocenters. The van der Waals surface area contributed by atoms with Crippen LogP contribution >= 0.6 is 0 Å². The zero-order valence-electron chi connectivity index (χ0n) is 18.4. The molecule has 3 N–H and O–H groups in total. The van der Waals surface area contributed by atoms with Gasteiger partial charge in [0.1, 0.15) is 18.0 Å². The highest BCUT2D eigenvalue weighted by Gasteiger charge is 2.46. The predicted octanol–water partition coefficient (Wildman–Crippen LogP) is 1.20.